The molecule has 0 saturated carbocycles. The van der Waals surface area contributed by atoms with E-state index in [4.69, 9.17) is 0 Å². The summed E-state index contributed by atoms with van der Waals surface area (Å²) in [5.41, 5.74) is 0. The fourth-order valence-corrected chi connectivity index (χ4v) is 5.77. The summed E-state index contributed by atoms with van der Waals surface area (Å²) in [5.74, 6) is 1.01. The molecule has 0 aromatic heterocycles. The van der Waals surface area contributed by atoms with Crippen LogP contribution in [0.5, 0.6) is 0 Å². The van der Waals surface area contributed by atoms with Crippen LogP contribution in [0.2, 0.25) is 0 Å². The molecule has 0 spiro atoms. The van der Waals surface area contributed by atoms with E-state index in [1.807, 2.05) is 0 Å². The Morgan fingerprint density at radius 2 is 0.641 bits per heavy atom. The van der Waals surface area contributed by atoms with Gasteiger partial charge in [-0.05, 0) is 63.7 Å². The number of rotatable bonds is 32. The van der Waals surface area contributed by atoms with Gasteiger partial charge in [-0.15, -0.1) is 0 Å². The molecule has 1 unspecified atom stereocenters. The van der Waals surface area contributed by atoms with E-state index >= 15 is 0 Å². The predicted molar refractivity (Wildman–Crippen MR) is 182 cm³/mol. The normalized spacial score (nSPS) is 13.0. The Hall–Kier alpha value is -0.780. The highest BCUT2D eigenvalue weighted by Crippen LogP contribution is 2.23. The molecule has 0 N–H and O–H groups in total. The summed E-state index contributed by atoms with van der Waals surface area (Å²) in [5, 5.41) is 0. The van der Waals surface area contributed by atoms with Crippen LogP contribution in [0.25, 0.3) is 0 Å². The minimum absolute atomic E-state index is 1.01. The van der Waals surface area contributed by atoms with E-state index < -0.39 is 0 Å². The summed E-state index contributed by atoms with van der Waals surface area (Å²) in [6.07, 6.45) is 54.9. The van der Waals surface area contributed by atoms with Crippen LogP contribution in [0, 0.1) is 5.92 Å². The van der Waals surface area contributed by atoms with Crippen molar-refractivity contribution < 1.29 is 0 Å². The van der Waals surface area contributed by atoms with Crippen molar-refractivity contribution in [3.05, 3.63) is 36.5 Å². The van der Waals surface area contributed by atoms with E-state index in [0.717, 1.165) is 12.3 Å². The third kappa shape index (κ3) is 33.3. The second kappa shape index (κ2) is 35.2. The van der Waals surface area contributed by atoms with Crippen molar-refractivity contribution in [3.63, 3.8) is 0 Å². The van der Waals surface area contributed by atoms with E-state index in [2.05, 4.69) is 57.2 Å². The predicted octanol–water partition coefficient (Wildman–Crippen LogP) is 14.6. The van der Waals surface area contributed by atoms with Crippen LogP contribution in [0.15, 0.2) is 36.5 Å². The van der Waals surface area contributed by atoms with Gasteiger partial charge in [0, 0.05) is 0 Å². The zero-order chi connectivity index (χ0) is 28.3. The first kappa shape index (κ1) is 38.2. The average molecular weight is 543 g/mol. The molecule has 230 valence electrons. The van der Waals surface area contributed by atoms with Crippen LogP contribution in [0.3, 0.4) is 0 Å². The highest BCUT2D eigenvalue weighted by atomic mass is 14.1. The maximum atomic E-state index is 2.45. The van der Waals surface area contributed by atoms with Crippen molar-refractivity contribution in [1.29, 1.82) is 0 Å². The van der Waals surface area contributed by atoms with Gasteiger partial charge in [0.2, 0.25) is 0 Å². The Labute approximate surface area is 249 Å². The molecular formula is C39H74. The van der Waals surface area contributed by atoms with Gasteiger partial charge in [-0.25, -0.2) is 0 Å². The molecule has 39 heavy (non-hydrogen) atoms. The van der Waals surface area contributed by atoms with Crippen molar-refractivity contribution in [3.8, 4) is 0 Å². The molecule has 0 saturated heterocycles. The van der Waals surface area contributed by atoms with Crippen molar-refractivity contribution in [2.24, 2.45) is 5.92 Å². The molecule has 0 rings (SSSR count). The highest BCUT2D eigenvalue weighted by molar-refractivity contribution is 4.92. The lowest BCUT2D eigenvalue weighted by molar-refractivity contribution is 0.377. The van der Waals surface area contributed by atoms with Crippen molar-refractivity contribution in [1.82, 2.24) is 0 Å². The Bertz CT molecular complexity index is 510. The first-order chi connectivity index (χ1) is 19.3. The quantitative estimate of drug-likeness (QED) is 0.0585. The van der Waals surface area contributed by atoms with E-state index in [1.54, 1.807) is 0 Å². The Kier molecular flexibility index (Phi) is 34.5. The molecule has 0 aliphatic heterocycles. The van der Waals surface area contributed by atoms with Crippen molar-refractivity contribution in [2.75, 3.05) is 0 Å². The van der Waals surface area contributed by atoms with Crippen molar-refractivity contribution >= 4 is 0 Å². The van der Waals surface area contributed by atoms with Gasteiger partial charge < -0.3 is 0 Å². The van der Waals surface area contributed by atoms with Crippen LogP contribution in [-0.2, 0) is 0 Å². The minimum atomic E-state index is 1.01. The fourth-order valence-electron chi connectivity index (χ4n) is 5.77. The second-order valence-corrected chi connectivity index (χ2v) is 12.4. The van der Waals surface area contributed by atoms with Crippen LogP contribution in [0.1, 0.15) is 207 Å². The molecular weight excluding hydrogens is 468 g/mol. The molecule has 0 aliphatic rings. The van der Waals surface area contributed by atoms with Gasteiger partial charge in [0.1, 0.15) is 0 Å². The summed E-state index contributed by atoms with van der Waals surface area (Å²) >= 11 is 0. The Balaban J connectivity index is 3.48. The van der Waals surface area contributed by atoms with Gasteiger partial charge in [-0.3, -0.25) is 0 Å². The zero-order valence-electron chi connectivity index (χ0n) is 27.5. The summed E-state index contributed by atoms with van der Waals surface area (Å²) < 4.78 is 0. The van der Waals surface area contributed by atoms with Crippen LogP contribution in [0.4, 0.5) is 0 Å². The highest BCUT2D eigenvalue weighted by Gasteiger charge is 2.07. The largest absolute Gasteiger partial charge is 0.0885 e. The van der Waals surface area contributed by atoms with Gasteiger partial charge in [-0.2, -0.15) is 0 Å². The van der Waals surface area contributed by atoms with E-state index in [1.165, 1.54) is 180 Å². The van der Waals surface area contributed by atoms with Gasteiger partial charge >= 0.3 is 0 Å². The molecule has 0 aliphatic carbocycles. The number of unbranched alkanes of at least 4 members (excludes halogenated alkanes) is 20. The van der Waals surface area contributed by atoms with E-state index in [0.29, 0.717) is 0 Å². The topological polar surface area (TPSA) is 0 Å². The standard InChI is InChI=1S/C39H74/c1-4-7-9-11-13-15-17-19-21-23-25-27-29-31-33-35-38-39(36-6-3)37-34-32-30-28-26-24-22-20-18-16-14-12-10-8-5-2/h13,15,18-21,39H,4-12,14,16-17,22-38H2,1-3H3/b15-13-,20-18-,21-19-. The van der Waals surface area contributed by atoms with Gasteiger partial charge in [0.15, 0.2) is 0 Å². The third-order valence-corrected chi connectivity index (χ3v) is 8.38. The zero-order valence-corrected chi connectivity index (χ0v) is 27.5. The molecule has 0 amide bonds. The molecule has 0 bridgehead atoms. The number of allylic oxidation sites excluding steroid dienone is 6. The molecule has 0 heterocycles. The molecule has 1 atom stereocenters. The third-order valence-electron chi connectivity index (χ3n) is 8.38. The van der Waals surface area contributed by atoms with Gasteiger partial charge in [-0.1, -0.05) is 186 Å². The first-order valence-corrected chi connectivity index (χ1v) is 18.3. The number of hydrogen-bond donors (Lipinski definition) is 0. The molecule has 0 radical (unpaired) electrons. The van der Waals surface area contributed by atoms with Gasteiger partial charge in [0.05, 0.1) is 0 Å². The lowest BCUT2D eigenvalue weighted by Gasteiger charge is -2.16. The summed E-state index contributed by atoms with van der Waals surface area (Å²) in [4.78, 5) is 0. The summed E-state index contributed by atoms with van der Waals surface area (Å²) in [7, 11) is 0. The lowest BCUT2D eigenvalue weighted by Crippen LogP contribution is -2.00. The van der Waals surface area contributed by atoms with Crippen LogP contribution in [-0.4, -0.2) is 0 Å². The SMILES string of the molecule is CCCCC/C=C\C/C=C\CCCCCCCCC(CCC)CCCCCCCC/C=C\CCCCCCC. The Morgan fingerprint density at radius 1 is 0.308 bits per heavy atom. The molecule has 0 aromatic carbocycles. The van der Waals surface area contributed by atoms with E-state index in [9.17, 15) is 0 Å². The summed E-state index contributed by atoms with van der Waals surface area (Å²) in [6.45, 7) is 6.95. The van der Waals surface area contributed by atoms with E-state index in [-0.39, 0.29) is 0 Å². The first-order valence-electron chi connectivity index (χ1n) is 18.3. The smallest absolute Gasteiger partial charge is 0.0169 e. The Morgan fingerprint density at radius 3 is 1.08 bits per heavy atom. The summed E-state index contributed by atoms with van der Waals surface area (Å²) in [6, 6.07) is 0. The molecule has 0 nitrogen and oxygen atoms in total. The van der Waals surface area contributed by atoms with Crippen molar-refractivity contribution in [2.45, 2.75) is 207 Å². The fraction of sp³-hybridized carbons (Fsp3) is 0.846. The molecule has 0 aromatic rings. The molecule has 0 heteroatoms. The maximum Gasteiger partial charge on any atom is -0.0169 e. The van der Waals surface area contributed by atoms with Crippen LogP contribution >= 0.6 is 0 Å². The monoisotopic (exact) mass is 543 g/mol. The number of hydrogen-bond acceptors (Lipinski definition) is 0. The van der Waals surface area contributed by atoms with Crippen LogP contribution < -0.4 is 0 Å². The second-order valence-electron chi connectivity index (χ2n) is 12.4. The lowest BCUT2D eigenvalue weighted by atomic mass is 9.90. The maximum absolute atomic E-state index is 2.45. The average Bonchev–Trinajstić information content (AvgIpc) is 2.94. The van der Waals surface area contributed by atoms with Gasteiger partial charge in [0.25, 0.3) is 0 Å². The molecule has 0 fully saturated rings. The minimum Gasteiger partial charge on any atom is -0.0885 e.